The summed E-state index contributed by atoms with van der Waals surface area (Å²) in [6, 6.07) is 1.69. The second kappa shape index (κ2) is 6.59. The van der Waals surface area contributed by atoms with E-state index in [0.29, 0.717) is 23.6 Å². The number of hydrogen-bond acceptors (Lipinski definition) is 8. The van der Waals surface area contributed by atoms with Crippen molar-refractivity contribution in [2.45, 2.75) is 31.7 Å². The first kappa shape index (κ1) is 18.4. The molecule has 0 saturated carbocycles. The molecular formula is C19H24N6O3. The number of ketones is 1. The summed E-state index contributed by atoms with van der Waals surface area (Å²) in [6.45, 7) is 3.56. The van der Waals surface area contributed by atoms with Gasteiger partial charge >= 0.3 is 0 Å². The van der Waals surface area contributed by atoms with E-state index in [1.807, 2.05) is 6.92 Å². The van der Waals surface area contributed by atoms with E-state index in [-0.39, 0.29) is 22.9 Å². The second-order valence-electron chi connectivity index (χ2n) is 7.62. The smallest absolute Gasteiger partial charge is 0.275 e. The number of piperidine rings is 1. The first-order valence-electron chi connectivity index (χ1n) is 9.26. The summed E-state index contributed by atoms with van der Waals surface area (Å²) < 4.78 is 6.99. The number of hydrogen-bond donors (Lipinski definition) is 2. The van der Waals surface area contributed by atoms with Crippen LogP contribution in [0, 0.1) is 6.92 Å². The highest BCUT2D eigenvalue weighted by molar-refractivity contribution is 5.99. The van der Waals surface area contributed by atoms with Crippen molar-refractivity contribution in [1.29, 1.82) is 0 Å². The van der Waals surface area contributed by atoms with Gasteiger partial charge in [0, 0.05) is 19.5 Å². The first-order chi connectivity index (χ1) is 13.4. The predicted molar refractivity (Wildman–Crippen MR) is 105 cm³/mol. The number of likely N-dealkylation sites (tertiary alicyclic amines) is 1. The van der Waals surface area contributed by atoms with Crippen LogP contribution in [0.2, 0.25) is 0 Å². The normalized spacial score (nSPS) is 18.3. The summed E-state index contributed by atoms with van der Waals surface area (Å²) in [5.41, 5.74) is 6.79. The van der Waals surface area contributed by atoms with E-state index in [1.165, 1.54) is 13.4 Å². The van der Waals surface area contributed by atoms with Gasteiger partial charge in [0.25, 0.3) is 5.56 Å². The summed E-state index contributed by atoms with van der Waals surface area (Å²) in [5, 5.41) is 3.04. The van der Waals surface area contributed by atoms with Gasteiger partial charge in [-0.2, -0.15) is 0 Å². The van der Waals surface area contributed by atoms with Gasteiger partial charge in [-0.1, -0.05) is 0 Å². The van der Waals surface area contributed by atoms with E-state index in [1.54, 1.807) is 10.6 Å². The molecule has 0 aliphatic carbocycles. The molecule has 0 aromatic carbocycles. The van der Waals surface area contributed by atoms with Crippen molar-refractivity contribution in [3.63, 3.8) is 0 Å². The molecule has 2 aromatic heterocycles. The van der Waals surface area contributed by atoms with Crippen LogP contribution < -0.4 is 21.3 Å². The number of nitrogens with two attached hydrogens (primary N) is 1. The SMILES string of the molecule is COc1c(N)ncnc1Nc1cc(C)c2n(c1=O)C1(CCN(C)CC1)CC2=O. The van der Waals surface area contributed by atoms with Crippen LogP contribution in [0.4, 0.5) is 17.3 Å². The average molecular weight is 384 g/mol. The Morgan fingerprint density at radius 2 is 1.96 bits per heavy atom. The highest BCUT2D eigenvalue weighted by Crippen LogP contribution is 2.41. The van der Waals surface area contributed by atoms with Crippen LogP contribution in [0.1, 0.15) is 35.3 Å². The summed E-state index contributed by atoms with van der Waals surface area (Å²) in [7, 11) is 3.52. The Morgan fingerprint density at radius 3 is 2.64 bits per heavy atom. The molecule has 0 amide bonds. The number of aryl methyl sites for hydroxylation is 1. The number of nitrogen functional groups attached to an aromatic ring is 1. The predicted octanol–water partition coefficient (Wildman–Crippen LogP) is 1.29. The highest BCUT2D eigenvalue weighted by atomic mass is 16.5. The molecule has 1 spiro atoms. The Kier molecular flexibility index (Phi) is 4.34. The molecule has 9 heteroatoms. The zero-order valence-electron chi connectivity index (χ0n) is 16.3. The largest absolute Gasteiger partial charge is 0.490 e. The molecule has 9 nitrogen and oxygen atoms in total. The van der Waals surface area contributed by atoms with E-state index in [0.717, 1.165) is 31.5 Å². The van der Waals surface area contributed by atoms with Gasteiger partial charge in [-0.3, -0.25) is 14.2 Å². The number of Topliss-reactive ketones (excluding diaryl/α,β-unsaturated/α-hetero) is 1. The zero-order valence-corrected chi connectivity index (χ0v) is 16.3. The van der Waals surface area contributed by atoms with E-state index in [9.17, 15) is 9.59 Å². The van der Waals surface area contributed by atoms with Gasteiger partial charge in [0.2, 0.25) is 5.75 Å². The lowest BCUT2D eigenvalue weighted by Gasteiger charge is -2.39. The maximum Gasteiger partial charge on any atom is 0.275 e. The fourth-order valence-corrected chi connectivity index (χ4v) is 4.33. The number of pyridine rings is 1. The fraction of sp³-hybridized carbons (Fsp3) is 0.474. The Bertz CT molecular complexity index is 1010. The number of methoxy groups -OCH3 is 1. The van der Waals surface area contributed by atoms with Gasteiger partial charge in [-0.15, -0.1) is 0 Å². The standard InChI is InChI=1S/C19H24N6O3/c1-11-8-12(23-17-15(28-3)16(20)21-10-22-17)18(27)25-14(11)13(26)9-19(25)4-6-24(2)7-5-19/h8,10H,4-7,9H2,1-3H3,(H3,20,21,22,23). The molecule has 28 heavy (non-hydrogen) atoms. The maximum atomic E-state index is 13.4. The van der Waals surface area contributed by atoms with E-state index < -0.39 is 5.54 Å². The lowest BCUT2D eigenvalue weighted by Crippen LogP contribution is -2.47. The maximum absolute atomic E-state index is 13.4. The van der Waals surface area contributed by atoms with Gasteiger partial charge in [0.05, 0.1) is 18.3 Å². The van der Waals surface area contributed by atoms with Gasteiger partial charge in [-0.25, -0.2) is 9.97 Å². The average Bonchev–Trinajstić information content (AvgIpc) is 2.95. The Labute approximate surface area is 162 Å². The molecule has 0 atom stereocenters. The summed E-state index contributed by atoms with van der Waals surface area (Å²) >= 11 is 0. The number of nitrogens with one attached hydrogen (secondary N) is 1. The molecule has 4 rings (SSSR count). The van der Waals surface area contributed by atoms with E-state index >= 15 is 0 Å². The van der Waals surface area contributed by atoms with Gasteiger partial charge < -0.3 is 20.7 Å². The van der Waals surface area contributed by atoms with Gasteiger partial charge in [-0.05, 0) is 38.4 Å². The number of carbonyl (C=O) groups excluding carboxylic acids is 1. The minimum atomic E-state index is -0.451. The van der Waals surface area contributed by atoms with Gasteiger partial charge in [0.15, 0.2) is 17.4 Å². The summed E-state index contributed by atoms with van der Waals surface area (Å²) in [4.78, 5) is 36.5. The topological polar surface area (TPSA) is 115 Å². The van der Waals surface area contributed by atoms with E-state index in [4.69, 9.17) is 10.5 Å². The molecule has 2 aromatic rings. The number of nitrogens with zero attached hydrogens (tertiary/aromatic N) is 4. The highest BCUT2D eigenvalue weighted by Gasteiger charge is 2.46. The Hall–Kier alpha value is -2.94. The third-order valence-electron chi connectivity index (χ3n) is 5.83. The van der Waals surface area contributed by atoms with Crippen LogP contribution in [0.3, 0.4) is 0 Å². The van der Waals surface area contributed by atoms with Crippen LogP contribution in [0.15, 0.2) is 17.2 Å². The Balaban J connectivity index is 1.83. The molecule has 3 N–H and O–H groups in total. The van der Waals surface area contributed by atoms with Crippen molar-refractivity contribution in [2.24, 2.45) is 0 Å². The third kappa shape index (κ3) is 2.73. The van der Waals surface area contributed by atoms with Crippen LogP contribution in [-0.4, -0.2) is 52.5 Å². The molecule has 148 valence electrons. The van der Waals surface area contributed by atoms with Crippen LogP contribution in [0.25, 0.3) is 0 Å². The molecule has 4 heterocycles. The van der Waals surface area contributed by atoms with Crippen molar-refractivity contribution < 1.29 is 9.53 Å². The number of fused-ring (bicyclic) bond motifs is 2. The second-order valence-corrected chi connectivity index (χ2v) is 7.62. The molecule has 2 aliphatic heterocycles. The number of rotatable bonds is 3. The minimum Gasteiger partial charge on any atom is -0.490 e. The zero-order chi connectivity index (χ0) is 20.1. The fourth-order valence-electron chi connectivity index (χ4n) is 4.33. The van der Waals surface area contributed by atoms with Crippen molar-refractivity contribution >= 4 is 23.1 Å². The molecule has 0 radical (unpaired) electrons. The van der Waals surface area contributed by atoms with Gasteiger partial charge in [0.1, 0.15) is 12.0 Å². The van der Waals surface area contributed by atoms with Crippen LogP contribution >= 0.6 is 0 Å². The van der Waals surface area contributed by atoms with Crippen LogP contribution in [0.5, 0.6) is 5.75 Å². The summed E-state index contributed by atoms with van der Waals surface area (Å²) in [6.07, 6.45) is 3.23. The number of ether oxygens (including phenoxy) is 1. The van der Waals surface area contributed by atoms with Crippen molar-refractivity contribution in [3.8, 4) is 5.75 Å². The number of anilines is 3. The van der Waals surface area contributed by atoms with Crippen molar-refractivity contribution in [2.75, 3.05) is 38.3 Å². The lowest BCUT2D eigenvalue weighted by molar-refractivity contribution is 0.0911. The molecule has 2 aliphatic rings. The van der Waals surface area contributed by atoms with Crippen molar-refractivity contribution in [3.05, 3.63) is 34.0 Å². The van der Waals surface area contributed by atoms with Crippen LogP contribution in [-0.2, 0) is 5.54 Å². The third-order valence-corrected chi connectivity index (χ3v) is 5.83. The lowest BCUT2D eigenvalue weighted by atomic mass is 9.85. The first-order valence-corrected chi connectivity index (χ1v) is 9.26. The monoisotopic (exact) mass is 384 g/mol. The minimum absolute atomic E-state index is 0.0366. The number of carbonyl (C=O) groups is 1. The molecule has 0 bridgehead atoms. The molecule has 1 fully saturated rings. The van der Waals surface area contributed by atoms with E-state index in [2.05, 4.69) is 27.2 Å². The summed E-state index contributed by atoms with van der Waals surface area (Å²) in [5.74, 6) is 0.804. The number of aromatic nitrogens is 3. The molecule has 1 saturated heterocycles. The molecule has 0 unspecified atom stereocenters. The Morgan fingerprint density at radius 1 is 1.25 bits per heavy atom. The van der Waals surface area contributed by atoms with Crippen molar-refractivity contribution in [1.82, 2.24) is 19.4 Å². The molecular weight excluding hydrogens is 360 g/mol. The quantitative estimate of drug-likeness (QED) is 0.813.